The fraction of sp³-hybridized carbons (Fsp3) is 0.600. The van der Waals surface area contributed by atoms with Crippen LogP contribution in [-0.4, -0.2) is 27.7 Å². The molecule has 0 aliphatic carbocycles. The highest BCUT2D eigenvalue weighted by molar-refractivity contribution is 7.89. The molecule has 1 atom stereocenters. The lowest BCUT2D eigenvalue weighted by atomic mass is 10.1. The second-order valence-corrected chi connectivity index (χ2v) is 7.15. The molecule has 0 aromatic heterocycles. The predicted molar refractivity (Wildman–Crippen MR) is 84.6 cm³/mol. The Kier molecular flexibility index (Phi) is 7.31. The molecule has 6 heteroatoms. The molecule has 0 heterocycles. The Morgan fingerprint density at radius 1 is 1.24 bits per heavy atom. The summed E-state index contributed by atoms with van der Waals surface area (Å²) < 4.78 is 32.3. The van der Waals surface area contributed by atoms with Crippen LogP contribution >= 0.6 is 0 Å². The molecule has 1 aromatic rings. The third-order valence-electron chi connectivity index (χ3n) is 3.01. The fourth-order valence-electron chi connectivity index (χ4n) is 1.80. The molecule has 0 aliphatic heterocycles. The summed E-state index contributed by atoms with van der Waals surface area (Å²) in [5.41, 5.74) is 6.58. The van der Waals surface area contributed by atoms with E-state index < -0.39 is 10.0 Å². The van der Waals surface area contributed by atoms with Crippen LogP contribution < -0.4 is 10.5 Å². The van der Waals surface area contributed by atoms with Gasteiger partial charge in [-0.25, -0.2) is 13.1 Å². The quantitative estimate of drug-likeness (QED) is 0.685. The van der Waals surface area contributed by atoms with Crippen LogP contribution in [0.5, 0.6) is 0 Å². The van der Waals surface area contributed by atoms with Crippen LogP contribution in [0.15, 0.2) is 29.2 Å². The van der Waals surface area contributed by atoms with E-state index in [4.69, 9.17) is 10.5 Å². The van der Waals surface area contributed by atoms with E-state index in [1.165, 1.54) is 0 Å². The number of hydrogen-bond donors (Lipinski definition) is 2. The van der Waals surface area contributed by atoms with Gasteiger partial charge < -0.3 is 10.5 Å². The Morgan fingerprint density at radius 2 is 1.95 bits per heavy atom. The molecule has 0 amide bonds. The van der Waals surface area contributed by atoms with E-state index in [9.17, 15) is 8.42 Å². The van der Waals surface area contributed by atoms with Crippen molar-refractivity contribution in [3.63, 3.8) is 0 Å². The molecular formula is C15H26N2O3S. The van der Waals surface area contributed by atoms with Crippen molar-refractivity contribution < 1.29 is 13.2 Å². The third-order valence-corrected chi connectivity index (χ3v) is 4.47. The summed E-state index contributed by atoms with van der Waals surface area (Å²) >= 11 is 0. The van der Waals surface area contributed by atoms with Crippen molar-refractivity contribution >= 4 is 10.0 Å². The zero-order valence-electron chi connectivity index (χ0n) is 13.0. The Hall–Kier alpha value is -0.950. The highest BCUT2D eigenvalue weighted by Crippen LogP contribution is 2.15. The number of unbranched alkanes of at least 4 members (excludes halogenated alkanes) is 1. The summed E-state index contributed by atoms with van der Waals surface area (Å²) in [6.45, 7) is 6.85. The van der Waals surface area contributed by atoms with Crippen LogP contribution in [0, 0.1) is 0 Å². The lowest BCUT2D eigenvalue weighted by Gasteiger charge is -2.10. The van der Waals surface area contributed by atoms with Gasteiger partial charge in [0.25, 0.3) is 0 Å². The lowest BCUT2D eigenvalue weighted by Crippen LogP contribution is -2.25. The number of rotatable bonds is 9. The molecule has 0 bridgehead atoms. The van der Waals surface area contributed by atoms with E-state index in [1.54, 1.807) is 18.2 Å². The van der Waals surface area contributed by atoms with Crippen molar-refractivity contribution in [3.8, 4) is 0 Å². The average molecular weight is 314 g/mol. The smallest absolute Gasteiger partial charge is 0.240 e. The predicted octanol–water partition coefficient (Wildman–Crippen LogP) is 2.19. The van der Waals surface area contributed by atoms with Crippen molar-refractivity contribution in [2.45, 2.75) is 50.7 Å². The van der Waals surface area contributed by atoms with Crippen LogP contribution in [-0.2, 0) is 14.8 Å². The normalized spacial score (nSPS) is 13.6. The van der Waals surface area contributed by atoms with Gasteiger partial charge in [-0.15, -0.1) is 0 Å². The lowest BCUT2D eigenvalue weighted by molar-refractivity contribution is 0.0762. The van der Waals surface area contributed by atoms with Crippen molar-refractivity contribution in [2.24, 2.45) is 5.73 Å². The molecule has 0 fully saturated rings. The molecule has 0 spiro atoms. The van der Waals surface area contributed by atoms with Crippen molar-refractivity contribution in [3.05, 3.63) is 29.8 Å². The van der Waals surface area contributed by atoms with Gasteiger partial charge in [0, 0.05) is 19.2 Å². The molecule has 5 nitrogen and oxygen atoms in total. The van der Waals surface area contributed by atoms with Gasteiger partial charge in [0.15, 0.2) is 0 Å². The van der Waals surface area contributed by atoms with Gasteiger partial charge in [0.1, 0.15) is 0 Å². The second kappa shape index (κ2) is 8.48. The third kappa shape index (κ3) is 6.56. The van der Waals surface area contributed by atoms with Crippen molar-refractivity contribution in [2.75, 3.05) is 13.2 Å². The van der Waals surface area contributed by atoms with E-state index in [2.05, 4.69) is 4.72 Å². The highest BCUT2D eigenvalue weighted by atomic mass is 32.2. The first-order valence-electron chi connectivity index (χ1n) is 7.29. The maximum Gasteiger partial charge on any atom is 0.240 e. The molecule has 0 saturated carbocycles. The van der Waals surface area contributed by atoms with Crippen LogP contribution in [0.3, 0.4) is 0 Å². The molecule has 0 radical (unpaired) electrons. The van der Waals surface area contributed by atoms with Gasteiger partial charge in [-0.05, 0) is 51.3 Å². The van der Waals surface area contributed by atoms with Crippen molar-refractivity contribution in [1.82, 2.24) is 4.72 Å². The monoisotopic (exact) mass is 314 g/mol. The zero-order valence-corrected chi connectivity index (χ0v) is 13.8. The number of hydrogen-bond acceptors (Lipinski definition) is 4. The van der Waals surface area contributed by atoms with Gasteiger partial charge in [-0.3, -0.25) is 0 Å². The molecule has 1 unspecified atom stereocenters. The van der Waals surface area contributed by atoms with E-state index in [-0.39, 0.29) is 17.0 Å². The standard InChI is InChI=1S/C15H26N2O3S/c1-12(2)20-10-5-4-9-17-21(18,19)15-8-6-7-14(11-15)13(3)16/h6-8,11-13,17H,4-5,9-10,16H2,1-3H3. The number of nitrogens with one attached hydrogen (secondary N) is 1. The number of benzene rings is 1. The molecule has 3 N–H and O–H groups in total. The first-order valence-corrected chi connectivity index (χ1v) is 8.78. The van der Waals surface area contributed by atoms with E-state index in [1.807, 2.05) is 26.8 Å². The zero-order chi connectivity index (χ0) is 15.9. The van der Waals surface area contributed by atoms with Crippen LogP contribution in [0.1, 0.15) is 45.2 Å². The Balaban J connectivity index is 2.48. The summed E-state index contributed by atoms with van der Waals surface area (Å²) in [5.74, 6) is 0. The van der Waals surface area contributed by atoms with Gasteiger partial charge in [-0.2, -0.15) is 0 Å². The van der Waals surface area contributed by atoms with Gasteiger partial charge >= 0.3 is 0 Å². The van der Waals surface area contributed by atoms with Crippen LogP contribution in [0.4, 0.5) is 0 Å². The first kappa shape index (κ1) is 18.1. The summed E-state index contributed by atoms with van der Waals surface area (Å²) in [6.07, 6.45) is 1.79. The Bertz CT molecular complexity index is 527. The van der Waals surface area contributed by atoms with E-state index in [0.29, 0.717) is 13.2 Å². The molecule has 120 valence electrons. The molecule has 1 aromatic carbocycles. The fourth-order valence-corrected chi connectivity index (χ4v) is 2.93. The number of sulfonamides is 1. The Labute approximate surface area is 127 Å². The van der Waals surface area contributed by atoms with Crippen LogP contribution in [0.2, 0.25) is 0 Å². The van der Waals surface area contributed by atoms with Gasteiger partial charge in [0.05, 0.1) is 11.0 Å². The molecule has 21 heavy (non-hydrogen) atoms. The summed E-state index contributed by atoms with van der Waals surface area (Å²) in [5, 5.41) is 0. The minimum absolute atomic E-state index is 0.187. The highest BCUT2D eigenvalue weighted by Gasteiger charge is 2.14. The number of nitrogens with two attached hydrogens (primary N) is 1. The SMILES string of the molecule is CC(C)OCCCCNS(=O)(=O)c1cccc(C(C)N)c1. The Morgan fingerprint density at radius 3 is 2.57 bits per heavy atom. The van der Waals surface area contributed by atoms with Crippen molar-refractivity contribution in [1.29, 1.82) is 0 Å². The van der Waals surface area contributed by atoms with Gasteiger partial charge in [-0.1, -0.05) is 12.1 Å². The molecule has 0 aliphatic rings. The van der Waals surface area contributed by atoms with Gasteiger partial charge in [0.2, 0.25) is 10.0 Å². The second-order valence-electron chi connectivity index (χ2n) is 5.39. The summed E-state index contributed by atoms with van der Waals surface area (Å²) in [6, 6.07) is 6.55. The summed E-state index contributed by atoms with van der Waals surface area (Å²) in [4.78, 5) is 0.260. The number of ether oxygens (including phenoxy) is 1. The molecular weight excluding hydrogens is 288 g/mol. The largest absolute Gasteiger partial charge is 0.379 e. The molecule has 1 rings (SSSR count). The maximum atomic E-state index is 12.2. The topological polar surface area (TPSA) is 81.4 Å². The van der Waals surface area contributed by atoms with E-state index >= 15 is 0 Å². The van der Waals surface area contributed by atoms with E-state index in [0.717, 1.165) is 18.4 Å². The first-order chi connectivity index (χ1) is 9.83. The molecule has 0 saturated heterocycles. The minimum Gasteiger partial charge on any atom is -0.379 e. The van der Waals surface area contributed by atoms with Crippen LogP contribution in [0.25, 0.3) is 0 Å². The summed E-state index contributed by atoms with van der Waals surface area (Å²) in [7, 11) is -3.47. The average Bonchev–Trinajstić information content (AvgIpc) is 2.42. The maximum absolute atomic E-state index is 12.2. The minimum atomic E-state index is -3.47.